The second-order valence-corrected chi connectivity index (χ2v) is 7.06. The molecule has 2 fully saturated rings. The van der Waals surface area contributed by atoms with Gasteiger partial charge in [-0.3, -0.25) is 0 Å². The van der Waals surface area contributed by atoms with E-state index in [1.165, 1.54) is 43.5 Å². The molecule has 0 bridgehead atoms. The molecule has 1 saturated heterocycles. The molecule has 1 atom stereocenters. The van der Waals surface area contributed by atoms with Crippen LogP contribution in [0.25, 0.3) is 0 Å². The molecule has 1 aromatic heterocycles. The van der Waals surface area contributed by atoms with Gasteiger partial charge < -0.3 is 10.2 Å². The van der Waals surface area contributed by atoms with E-state index in [2.05, 4.69) is 36.2 Å². The lowest BCUT2D eigenvalue weighted by atomic mass is 9.89. The topological polar surface area (TPSA) is 28.2 Å². The van der Waals surface area contributed by atoms with Crippen molar-refractivity contribution in [1.82, 2.24) is 10.3 Å². The van der Waals surface area contributed by atoms with E-state index in [1.807, 2.05) is 6.20 Å². The molecular formula is C18H29N3. The highest BCUT2D eigenvalue weighted by atomic mass is 15.2. The predicted molar refractivity (Wildman–Crippen MR) is 88.5 cm³/mol. The predicted octanol–water partition coefficient (Wildman–Crippen LogP) is 3.60. The highest BCUT2D eigenvalue weighted by Crippen LogP contribution is 2.28. The monoisotopic (exact) mass is 287 g/mol. The Kier molecular flexibility index (Phi) is 4.79. The van der Waals surface area contributed by atoms with Crippen LogP contribution in [0.4, 0.5) is 5.82 Å². The van der Waals surface area contributed by atoms with Gasteiger partial charge in [0.05, 0.1) is 0 Å². The van der Waals surface area contributed by atoms with Gasteiger partial charge in [-0.2, -0.15) is 0 Å². The number of hydrogen-bond acceptors (Lipinski definition) is 3. The SMILES string of the molecule is CC(C)C1CCCN(c2ncccc2CNC2CC2)CC1. The number of nitrogens with zero attached hydrogens (tertiary/aromatic N) is 2. The van der Waals surface area contributed by atoms with Crippen molar-refractivity contribution in [3.8, 4) is 0 Å². The minimum Gasteiger partial charge on any atom is -0.356 e. The molecule has 3 rings (SSSR count). The normalized spacial score (nSPS) is 23.4. The molecule has 3 nitrogen and oxygen atoms in total. The highest BCUT2D eigenvalue weighted by Gasteiger charge is 2.23. The zero-order chi connectivity index (χ0) is 14.7. The van der Waals surface area contributed by atoms with Gasteiger partial charge in [0.2, 0.25) is 0 Å². The van der Waals surface area contributed by atoms with E-state index in [0.29, 0.717) is 0 Å². The van der Waals surface area contributed by atoms with Crippen LogP contribution in [0.2, 0.25) is 0 Å². The summed E-state index contributed by atoms with van der Waals surface area (Å²) < 4.78 is 0. The van der Waals surface area contributed by atoms with Crippen molar-refractivity contribution < 1.29 is 0 Å². The molecule has 0 radical (unpaired) electrons. The molecule has 1 aromatic rings. The Bertz CT molecular complexity index is 454. The van der Waals surface area contributed by atoms with Crippen molar-refractivity contribution in [2.75, 3.05) is 18.0 Å². The maximum absolute atomic E-state index is 4.70. The zero-order valence-electron chi connectivity index (χ0n) is 13.5. The first-order valence-electron chi connectivity index (χ1n) is 8.66. The Labute approximate surface area is 129 Å². The van der Waals surface area contributed by atoms with Crippen molar-refractivity contribution in [3.63, 3.8) is 0 Å². The van der Waals surface area contributed by atoms with E-state index in [-0.39, 0.29) is 0 Å². The number of pyridine rings is 1. The molecule has 116 valence electrons. The van der Waals surface area contributed by atoms with Crippen LogP contribution in [0.15, 0.2) is 18.3 Å². The van der Waals surface area contributed by atoms with Crippen LogP contribution >= 0.6 is 0 Å². The molecule has 1 N–H and O–H groups in total. The summed E-state index contributed by atoms with van der Waals surface area (Å²) in [7, 11) is 0. The third-order valence-electron chi connectivity index (χ3n) is 5.04. The first-order chi connectivity index (χ1) is 10.2. The summed E-state index contributed by atoms with van der Waals surface area (Å²) in [6.45, 7) is 8.03. The van der Waals surface area contributed by atoms with E-state index in [4.69, 9.17) is 4.98 Å². The van der Waals surface area contributed by atoms with Gasteiger partial charge in [-0.15, -0.1) is 0 Å². The quantitative estimate of drug-likeness (QED) is 0.897. The van der Waals surface area contributed by atoms with Crippen molar-refractivity contribution in [3.05, 3.63) is 23.9 Å². The standard InChI is InChI=1S/C18H29N3/c1-14(2)15-6-4-11-21(12-9-15)18-16(5-3-10-19-18)13-20-17-7-8-17/h3,5,10,14-15,17,20H,4,6-9,11-13H2,1-2H3. The molecule has 1 aliphatic carbocycles. The number of anilines is 1. The van der Waals surface area contributed by atoms with Crippen molar-refractivity contribution in [2.45, 2.75) is 58.5 Å². The molecular weight excluding hydrogens is 258 g/mol. The molecule has 0 amide bonds. The number of rotatable bonds is 5. The summed E-state index contributed by atoms with van der Waals surface area (Å²) in [6, 6.07) is 5.07. The smallest absolute Gasteiger partial charge is 0.133 e. The van der Waals surface area contributed by atoms with E-state index >= 15 is 0 Å². The average molecular weight is 287 g/mol. The summed E-state index contributed by atoms with van der Waals surface area (Å²) in [6.07, 6.45) is 8.61. The second-order valence-electron chi connectivity index (χ2n) is 7.06. The number of aromatic nitrogens is 1. The van der Waals surface area contributed by atoms with Crippen LogP contribution in [0.1, 0.15) is 51.5 Å². The summed E-state index contributed by atoms with van der Waals surface area (Å²) in [5.74, 6) is 2.91. The molecule has 1 aliphatic heterocycles. The first-order valence-corrected chi connectivity index (χ1v) is 8.66. The summed E-state index contributed by atoms with van der Waals surface area (Å²) >= 11 is 0. The van der Waals surface area contributed by atoms with Gasteiger partial charge in [0.15, 0.2) is 0 Å². The molecule has 3 heteroatoms. The Morgan fingerprint density at radius 3 is 2.86 bits per heavy atom. The maximum Gasteiger partial charge on any atom is 0.133 e. The van der Waals surface area contributed by atoms with Gasteiger partial charge in [0, 0.05) is 37.4 Å². The second kappa shape index (κ2) is 6.78. The lowest BCUT2D eigenvalue weighted by molar-refractivity contribution is 0.351. The molecule has 0 spiro atoms. The van der Waals surface area contributed by atoms with Crippen LogP contribution in [0.3, 0.4) is 0 Å². The van der Waals surface area contributed by atoms with Crippen LogP contribution in [-0.2, 0) is 6.54 Å². The number of nitrogens with one attached hydrogen (secondary N) is 1. The lowest BCUT2D eigenvalue weighted by Gasteiger charge is -2.25. The minimum atomic E-state index is 0.757. The zero-order valence-corrected chi connectivity index (χ0v) is 13.5. The third kappa shape index (κ3) is 3.97. The molecule has 1 saturated carbocycles. The van der Waals surface area contributed by atoms with Crippen molar-refractivity contribution in [1.29, 1.82) is 0 Å². The first kappa shape index (κ1) is 14.8. The molecule has 2 heterocycles. The van der Waals surface area contributed by atoms with Gasteiger partial charge in [-0.25, -0.2) is 4.98 Å². The van der Waals surface area contributed by atoms with E-state index in [0.717, 1.165) is 37.5 Å². The van der Waals surface area contributed by atoms with Gasteiger partial charge in [-0.1, -0.05) is 19.9 Å². The largest absolute Gasteiger partial charge is 0.356 e. The fraction of sp³-hybridized carbons (Fsp3) is 0.722. The lowest BCUT2D eigenvalue weighted by Crippen LogP contribution is -2.28. The summed E-state index contributed by atoms with van der Waals surface area (Å²) in [5.41, 5.74) is 1.37. The molecule has 1 unspecified atom stereocenters. The average Bonchev–Trinajstić information content (AvgIpc) is 3.32. The molecule has 21 heavy (non-hydrogen) atoms. The van der Waals surface area contributed by atoms with Crippen molar-refractivity contribution >= 4 is 5.82 Å². The Balaban J connectivity index is 1.67. The van der Waals surface area contributed by atoms with Gasteiger partial charge >= 0.3 is 0 Å². The van der Waals surface area contributed by atoms with Gasteiger partial charge in [0.25, 0.3) is 0 Å². The van der Waals surface area contributed by atoms with E-state index in [9.17, 15) is 0 Å². The fourth-order valence-corrected chi connectivity index (χ4v) is 3.40. The highest BCUT2D eigenvalue weighted by molar-refractivity contribution is 5.46. The van der Waals surface area contributed by atoms with Crippen LogP contribution in [-0.4, -0.2) is 24.1 Å². The van der Waals surface area contributed by atoms with E-state index < -0.39 is 0 Å². The third-order valence-corrected chi connectivity index (χ3v) is 5.04. The Morgan fingerprint density at radius 1 is 1.24 bits per heavy atom. The molecule has 2 aliphatic rings. The summed E-state index contributed by atoms with van der Waals surface area (Å²) in [5, 5.41) is 3.63. The van der Waals surface area contributed by atoms with Crippen molar-refractivity contribution in [2.24, 2.45) is 11.8 Å². The fourth-order valence-electron chi connectivity index (χ4n) is 3.40. The van der Waals surface area contributed by atoms with Gasteiger partial charge in [-0.05, 0) is 50.0 Å². The van der Waals surface area contributed by atoms with E-state index in [1.54, 1.807) is 0 Å². The maximum atomic E-state index is 4.70. The van der Waals surface area contributed by atoms with Crippen LogP contribution < -0.4 is 10.2 Å². The minimum absolute atomic E-state index is 0.757. The van der Waals surface area contributed by atoms with Gasteiger partial charge in [0.1, 0.15) is 5.82 Å². The molecule has 0 aromatic carbocycles. The Hall–Kier alpha value is -1.09. The van der Waals surface area contributed by atoms with Crippen LogP contribution in [0, 0.1) is 11.8 Å². The number of hydrogen-bond donors (Lipinski definition) is 1. The van der Waals surface area contributed by atoms with Crippen LogP contribution in [0.5, 0.6) is 0 Å². The Morgan fingerprint density at radius 2 is 2.10 bits per heavy atom. The summed E-state index contributed by atoms with van der Waals surface area (Å²) in [4.78, 5) is 7.22.